The van der Waals surface area contributed by atoms with Gasteiger partial charge in [0.05, 0.1) is 12.8 Å². The van der Waals surface area contributed by atoms with Crippen molar-refractivity contribution in [3.63, 3.8) is 0 Å². The molecule has 0 aliphatic heterocycles. The zero-order valence-corrected chi connectivity index (χ0v) is 8.86. The van der Waals surface area contributed by atoms with Crippen LogP contribution >= 0.6 is 0 Å². The molecule has 1 aromatic heterocycles. The SMILES string of the molecule is COc1ccc(-c2c[nH]c(=O)c(N)c2)cc1. The Morgan fingerprint density at radius 2 is 1.88 bits per heavy atom. The molecule has 0 aliphatic carbocycles. The van der Waals surface area contributed by atoms with Crippen LogP contribution in [-0.4, -0.2) is 12.1 Å². The normalized spacial score (nSPS) is 10.1. The minimum absolute atomic E-state index is 0.216. The molecule has 0 unspecified atom stereocenters. The van der Waals surface area contributed by atoms with Crippen molar-refractivity contribution in [3.05, 3.63) is 46.9 Å². The quantitative estimate of drug-likeness (QED) is 0.801. The number of rotatable bonds is 2. The number of aromatic amines is 1. The zero-order valence-electron chi connectivity index (χ0n) is 8.86. The van der Waals surface area contributed by atoms with Crippen molar-refractivity contribution in [1.82, 2.24) is 4.98 Å². The number of nitrogens with two attached hydrogens (primary N) is 1. The van der Waals surface area contributed by atoms with Gasteiger partial charge >= 0.3 is 0 Å². The average molecular weight is 216 g/mol. The summed E-state index contributed by atoms with van der Waals surface area (Å²) in [5.41, 5.74) is 7.35. The summed E-state index contributed by atoms with van der Waals surface area (Å²) in [6.45, 7) is 0. The number of benzene rings is 1. The lowest BCUT2D eigenvalue weighted by Gasteiger charge is -2.04. The summed E-state index contributed by atoms with van der Waals surface area (Å²) in [6, 6.07) is 9.19. The maximum atomic E-state index is 11.1. The second-order valence-electron chi connectivity index (χ2n) is 3.40. The fourth-order valence-corrected chi connectivity index (χ4v) is 1.45. The number of H-pyrrole nitrogens is 1. The van der Waals surface area contributed by atoms with Gasteiger partial charge in [-0.05, 0) is 23.8 Å². The summed E-state index contributed by atoms with van der Waals surface area (Å²) in [5.74, 6) is 0.793. The highest BCUT2D eigenvalue weighted by molar-refractivity contribution is 5.66. The minimum Gasteiger partial charge on any atom is -0.497 e. The summed E-state index contributed by atoms with van der Waals surface area (Å²) in [4.78, 5) is 13.7. The molecule has 1 heterocycles. The van der Waals surface area contributed by atoms with Crippen molar-refractivity contribution in [2.24, 2.45) is 0 Å². The van der Waals surface area contributed by atoms with Crippen molar-refractivity contribution in [1.29, 1.82) is 0 Å². The van der Waals surface area contributed by atoms with E-state index in [2.05, 4.69) is 4.98 Å². The van der Waals surface area contributed by atoms with E-state index in [9.17, 15) is 4.79 Å². The van der Waals surface area contributed by atoms with Gasteiger partial charge in [-0.3, -0.25) is 4.79 Å². The fourth-order valence-electron chi connectivity index (χ4n) is 1.45. The molecule has 0 aliphatic rings. The molecule has 0 saturated heterocycles. The molecule has 0 atom stereocenters. The average Bonchev–Trinajstić information content (AvgIpc) is 2.33. The first kappa shape index (κ1) is 10.3. The van der Waals surface area contributed by atoms with Crippen molar-refractivity contribution in [2.75, 3.05) is 12.8 Å². The number of aromatic nitrogens is 1. The third kappa shape index (κ3) is 1.91. The first-order valence-corrected chi connectivity index (χ1v) is 4.83. The molecule has 0 fully saturated rings. The van der Waals surface area contributed by atoms with Crippen LogP contribution in [0.2, 0.25) is 0 Å². The Morgan fingerprint density at radius 1 is 1.19 bits per heavy atom. The Balaban J connectivity index is 2.42. The summed E-state index contributed by atoms with van der Waals surface area (Å²) < 4.78 is 5.07. The van der Waals surface area contributed by atoms with E-state index in [0.29, 0.717) is 0 Å². The van der Waals surface area contributed by atoms with Crippen LogP contribution in [0, 0.1) is 0 Å². The second kappa shape index (κ2) is 4.10. The molecule has 4 nitrogen and oxygen atoms in total. The zero-order chi connectivity index (χ0) is 11.5. The number of hydrogen-bond acceptors (Lipinski definition) is 3. The van der Waals surface area contributed by atoms with Crippen LogP contribution in [0.5, 0.6) is 5.75 Å². The summed E-state index contributed by atoms with van der Waals surface area (Å²) in [7, 11) is 1.62. The summed E-state index contributed by atoms with van der Waals surface area (Å²) >= 11 is 0. The number of hydrogen-bond donors (Lipinski definition) is 2. The molecule has 16 heavy (non-hydrogen) atoms. The highest BCUT2D eigenvalue weighted by Gasteiger charge is 2.01. The van der Waals surface area contributed by atoms with Gasteiger partial charge in [-0.2, -0.15) is 0 Å². The van der Waals surface area contributed by atoms with Crippen LogP contribution in [0.25, 0.3) is 11.1 Å². The number of anilines is 1. The molecule has 2 rings (SSSR count). The predicted octanol–water partition coefficient (Wildman–Crippen LogP) is 1.63. The first-order valence-electron chi connectivity index (χ1n) is 4.83. The lowest BCUT2D eigenvalue weighted by Crippen LogP contribution is -2.10. The molecular formula is C12H12N2O2. The molecule has 0 saturated carbocycles. The van der Waals surface area contributed by atoms with Gasteiger partial charge in [-0.25, -0.2) is 0 Å². The van der Waals surface area contributed by atoms with E-state index in [1.807, 2.05) is 24.3 Å². The largest absolute Gasteiger partial charge is 0.497 e. The van der Waals surface area contributed by atoms with Gasteiger partial charge in [0.1, 0.15) is 5.75 Å². The number of ether oxygens (including phenoxy) is 1. The standard InChI is InChI=1S/C12H12N2O2/c1-16-10-4-2-8(3-5-10)9-6-11(13)12(15)14-7-9/h2-7H,13H2,1H3,(H,14,15). The Hall–Kier alpha value is -2.23. The molecule has 2 aromatic rings. The third-order valence-electron chi connectivity index (χ3n) is 2.36. The monoisotopic (exact) mass is 216 g/mol. The van der Waals surface area contributed by atoms with Crippen LogP contribution in [0.15, 0.2) is 41.3 Å². The van der Waals surface area contributed by atoms with E-state index in [1.54, 1.807) is 19.4 Å². The van der Waals surface area contributed by atoms with E-state index in [4.69, 9.17) is 10.5 Å². The predicted molar refractivity (Wildman–Crippen MR) is 63.5 cm³/mol. The van der Waals surface area contributed by atoms with Gasteiger partial charge in [0.25, 0.3) is 5.56 Å². The van der Waals surface area contributed by atoms with E-state index in [1.165, 1.54) is 0 Å². The second-order valence-corrected chi connectivity index (χ2v) is 3.40. The topological polar surface area (TPSA) is 68.1 Å². The Morgan fingerprint density at radius 3 is 2.44 bits per heavy atom. The van der Waals surface area contributed by atoms with E-state index >= 15 is 0 Å². The van der Waals surface area contributed by atoms with Gasteiger partial charge < -0.3 is 15.5 Å². The molecule has 3 N–H and O–H groups in total. The molecule has 1 aromatic carbocycles. The summed E-state index contributed by atoms with van der Waals surface area (Å²) in [5, 5.41) is 0. The van der Waals surface area contributed by atoms with Crippen LogP contribution in [0.4, 0.5) is 5.69 Å². The van der Waals surface area contributed by atoms with Crippen molar-refractivity contribution in [3.8, 4) is 16.9 Å². The van der Waals surface area contributed by atoms with Gasteiger partial charge in [-0.1, -0.05) is 12.1 Å². The molecule has 82 valence electrons. The third-order valence-corrected chi connectivity index (χ3v) is 2.36. The molecular weight excluding hydrogens is 204 g/mol. The van der Waals surface area contributed by atoms with Gasteiger partial charge in [-0.15, -0.1) is 0 Å². The molecule has 0 bridgehead atoms. The van der Waals surface area contributed by atoms with Crippen LogP contribution < -0.4 is 16.0 Å². The van der Waals surface area contributed by atoms with Crippen molar-refractivity contribution >= 4 is 5.69 Å². The van der Waals surface area contributed by atoms with Crippen molar-refractivity contribution < 1.29 is 4.74 Å². The minimum atomic E-state index is -0.266. The summed E-state index contributed by atoms with van der Waals surface area (Å²) in [6.07, 6.45) is 1.64. The Labute approximate surface area is 92.7 Å². The maximum Gasteiger partial charge on any atom is 0.271 e. The number of nitrogen functional groups attached to an aromatic ring is 1. The van der Waals surface area contributed by atoms with Crippen LogP contribution in [-0.2, 0) is 0 Å². The lowest BCUT2D eigenvalue weighted by atomic mass is 10.1. The van der Waals surface area contributed by atoms with Gasteiger partial charge in [0, 0.05) is 11.8 Å². The number of nitrogens with one attached hydrogen (secondary N) is 1. The molecule has 0 spiro atoms. The maximum absolute atomic E-state index is 11.1. The molecule has 4 heteroatoms. The first-order chi connectivity index (χ1) is 7.70. The van der Waals surface area contributed by atoms with Gasteiger partial charge in [0.15, 0.2) is 0 Å². The highest BCUT2D eigenvalue weighted by atomic mass is 16.5. The molecule has 0 amide bonds. The molecule has 0 radical (unpaired) electrons. The van der Waals surface area contributed by atoms with Crippen molar-refractivity contribution in [2.45, 2.75) is 0 Å². The Kier molecular flexibility index (Phi) is 2.64. The lowest BCUT2D eigenvalue weighted by molar-refractivity contribution is 0.415. The fraction of sp³-hybridized carbons (Fsp3) is 0.0833. The van der Waals surface area contributed by atoms with Crippen LogP contribution in [0.1, 0.15) is 0 Å². The van der Waals surface area contributed by atoms with E-state index < -0.39 is 0 Å². The van der Waals surface area contributed by atoms with E-state index in [-0.39, 0.29) is 11.2 Å². The Bertz CT molecular complexity index is 544. The number of methoxy groups -OCH3 is 1. The number of pyridine rings is 1. The highest BCUT2D eigenvalue weighted by Crippen LogP contribution is 2.21. The van der Waals surface area contributed by atoms with E-state index in [0.717, 1.165) is 16.9 Å². The van der Waals surface area contributed by atoms with Crippen LogP contribution in [0.3, 0.4) is 0 Å². The van der Waals surface area contributed by atoms with Gasteiger partial charge in [0.2, 0.25) is 0 Å². The smallest absolute Gasteiger partial charge is 0.271 e.